The zero-order valence-electron chi connectivity index (χ0n) is 15.7. The van der Waals surface area contributed by atoms with Crippen molar-refractivity contribution in [1.29, 1.82) is 0 Å². The third-order valence-electron chi connectivity index (χ3n) is 4.25. The molecule has 3 aromatic carbocycles. The van der Waals surface area contributed by atoms with E-state index in [2.05, 4.69) is 4.74 Å². The van der Waals surface area contributed by atoms with Crippen molar-refractivity contribution in [3.05, 3.63) is 102 Å². The van der Waals surface area contributed by atoms with E-state index in [0.717, 1.165) is 22.3 Å². The summed E-state index contributed by atoms with van der Waals surface area (Å²) in [5, 5.41) is 9.06. The Hall–Kier alpha value is -3.80. The first-order chi connectivity index (χ1) is 14.4. The van der Waals surface area contributed by atoms with Crippen LogP contribution in [0.5, 0.6) is 5.75 Å². The topological polar surface area (TPSA) is 46.5 Å². The van der Waals surface area contributed by atoms with Gasteiger partial charge in [0, 0.05) is 0 Å². The van der Waals surface area contributed by atoms with E-state index in [0.29, 0.717) is 5.56 Å². The molecule has 0 bridgehead atoms. The first-order valence-electron chi connectivity index (χ1n) is 8.99. The molecule has 3 aromatic rings. The lowest BCUT2D eigenvalue weighted by Gasteiger charge is -2.09. The van der Waals surface area contributed by atoms with E-state index in [1.807, 2.05) is 54.6 Å². The molecule has 3 nitrogen and oxygen atoms in total. The van der Waals surface area contributed by atoms with Crippen molar-refractivity contribution in [3.63, 3.8) is 0 Å². The maximum atomic E-state index is 12.9. The fourth-order valence-corrected chi connectivity index (χ4v) is 2.88. The number of carbonyl (C=O) groups is 1. The summed E-state index contributed by atoms with van der Waals surface area (Å²) in [5.41, 5.74) is 4.15. The first-order valence-corrected chi connectivity index (χ1v) is 8.99. The quantitative estimate of drug-likeness (QED) is 0.354. The zero-order valence-corrected chi connectivity index (χ0v) is 15.7. The van der Waals surface area contributed by atoms with Crippen molar-refractivity contribution in [1.82, 2.24) is 0 Å². The number of benzene rings is 3. The highest BCUT2D eigenvalue weighted by Gasteiger charge is 2.08. The average molecular weight is 410 g/mol. The highest BCUT2D eigenvalue weighted by molar-refractivity contribution is 5.82. The number of rotatable bonds is 7. The molecule has 0 aromatic heterocycles. The predicted molar refractivity (Wildman–Crippen MR) is 110 cm³/mol. The van der Waals surface area contributed by atoms with Crippen molar-refractivity contribution in [2.45, 2.75) is 6.42 Å². The molecule has 0 radical (unpaired) electrons. The van der Waals surface area contributed by atoms with Gasteiger partial charge in [0.25, 0.3) is 0 Å². The van der Waals surface area contributed by atoms with Crippen LogP contribution in [0.25, 0.3) is 23.3 Å². The lowest BCUT2D eigenvalue weighted by Crippen LogP contribution is -2.00. The number of hydrogen-bond acceptors (Lipinski definition) is 2. The molecule has 1 N–H and O–H groups in total. The molecule has 0 unspecified atom stereocenters. The minimum absolute atomic E-state index is 0.0413. The van der Waals surface area contributed by atoms with Gasteiger partial charge in [0.05, 0.1) is 6.42 Å². The summed E-state index contributed by atoms with van der Waals surface area (Å²) in [6.45, 7) is 0. The van der Waals surface area contributed by atoms with E-state index in [1.54, 1.807) is 18.2 Å². The minimum atomic E-state index is -2.52. The van der Waals surface area contributed by atoms with Gasteiger partial charge in [-0.15, -0.1) is 0 Å². The normalized spacial score (nSPS) is 10.8. The van der Waals surface area contributed by atoms with E-state index < -0.39 is 18.1 Å². The molecular weight excluding hydrogens is 393 g/mol. The second-order valence-corrected chi connectivity index (χ2v) is 6.40. The third kappa shape index (κ3) is 5.61. The number of carboxylic acids is 1. The molecule has 30 heavy (non-hydrogen) atoms. The van der Waals surface area contributed by atoms with Gasteiger partial charge in [-0.2, -0.15) is 13.2 Å². The molecule has 0 saturated heterocycles. The fourth-order valence-electron chi connectivity index (χ4n) is 2.88. The largest absolute Gasteiger partial charge is 0.481 e. The van der Waals surface area contributed by atoms with Crippen LogP contribution in [0.4, 0.5) is 13.2 Å². The van der Waals surface area contributed by atoms with Gasteiger partial charge >= 0.3 is 18.1 Å². The molecule has 0 aliphatic rings. The van der Waals surface area contributed by atoms with Crippen LogP contribution in [-0.4, -0.2) is 11.1 Å². The number of carboxylic acid groups (broad SMARTS) is 1. The molecule has 0 aliphatic heterocycles. The van der Waals surface area contributed by atoms with Gasteiger partial charge < -0.3 is 9.84 Å². The Balaban J connectivity index is 1.87. The molecule has 152 valence electrons. The number of hydrogen-bond donors (Lipinski definition) is 1. The van der Waals surface area contributed by atoms with Crippen LogP contribution in [0.2, 0.25) is 0 Å². The van der Waals surface area contributed by atoms with Crippen molar-refractivity contribution in [3.8, 4) is 16.9 Å². The van der Waals surface area contributed by atoms with Gasteiger partial charge in [-0.25, -0.2) is 0 Å². The van der Waals surface area contributed by atoms with Gasteiger partial charge in [0.1, 0.15) is 5.75 Å². The Labute approximate surface area is 171 Å². The Morgan fingerprint density at radius 2 is 1.60 bits per heavy atom. The Morgan fingerprint density at radius 3 is 2.23 bits per heavy atom. The van der Waals surface area contributed by atoms with Crippen LogP contribution in [0.15, 0.2) is 84.9 Å². The van der Waals surface area contributed by atoms with E-state index >= 15 is 0 Å². The van der Waals surface area contributed by atoms with Crippen LogP contribution >= 0.6 is 0 Å². The number of halogens is 3. The molecule has 6 heteroatoms. The second kappa shape index (κ2) is 9.60. The minimum Gasteiger partial charge on any atom is -0.481 e. The summed E-state index contributed by atoms with van der Waals surface area (Å²) in [6, 6.07) is 19.1. The summed E-state index contributed by atoms with van der Waals surface area (Å²) >= 11 is 0. The molecule has 0 aliphatic carbocycles. The summed E-state index contributed by atoms with van der Waals surface area (Å²) in [7, 11) is 0. The van der Waals surface area contributed by atoms with Crippen LogP contribution < -0.4 is 4.74 Å². The van der Waals surface area contributed by atoms with E-state index in [1.165, 1.54) is 12.1 Å². The zero-order chi connectivity index (χ0) is 21.5. The summed E-state index contributed by atoms with van der Waals surface area (Å²) in [6.07, 6.45) is 1.09. The van der Waals surface area contributed by atoms with Gasteiger partial charge in [-0.05, 0) is 46.0 Å². The first kappa shape index (κ1) is 20.9. The fraction of sp³-hybridized carbons (Fsp3) is 0.0417. The Kier molecular flexibility index (Phi) is 6.70. The Bertz CT molecular complexity index is 1080. The van der Waals surface area contributed by atoms with E-state index in [9.17, 15) is 18.0 Å². The molecular formula is C24H17F3O3. The second-order valence-electron chi connectivity index (χ2n) is 6.40. The molecule has 0 fully saturated rings. The van der Waals surface area contributed by atoms with Crippen LogP contribution in [0.3, 0.4) is 0 Å². The van der Waals surface area contributed by atoms with Crippen molar-refractivity contribution < 1.29 is 27.8 Å². The highest BCUT2D eigenvalue weighted by atomic mass is 19.3. The van der Waals surface area contributed by atoms with Gasteiger partial charge in [-0.3, -0.25) is 4.79 Å². The van der Waals surface area contributed by atoms with E-state index in [4.69, 9.17) is 5.11 Å². The molecule has 0 amide bonds. The summed E-state index contributed by atoms with van der Waals surface area (Å²) in [4.78, 5) is 11.1. The van der Waals surface area contributed by atoms with Crippen molar-refractivity contribution >= 4 is 18.1 Å². The monoisotopic (exact) mass is 410 g/mol. The van der Waals surface area contributed by atoms with Crippen LogP contribution in [0, 0.1) is 0 Å². The van der Waals surface area contributed by atoms with E-state index in [-0.39, 0.29) is 12.2 Å². The van der Waals surface area contributed by atoms with Crippen LogP contribution in [0.1, 0.15) is 16.7 Å². The molecule has 3 rings (SSSR count). The average Bonchev–Trinajstić information content (AvgIpc) is 2.74. The third-order valence-corrected chi connectivity index (χ3v) is 4.25. The van der Waals surface area contributed by atoms with Gasteiger partial charge in [-0.1, -0.05) is 66.7 Å². The highest BCUT2D eigenvalue weighted by Crippen LogP contribution is 2.27. The standard InChI is InChI=1S/C24H17F3O3/c25-23(26)24(27)30-20-12-8-16(9-13-20)6-10-19-11-7-17(15-22(28)29)14-21(19)18-4-2-1-3-5-18/h1-14H,15H2,(H,28,29). The van der Waals surface area contributed by atoms with Crippen molar-refractivity contribution in [2.75, 3.05) is 0 Å². The van der Waals surface area contributed by atoms with Gasteiger partial charge in [0.2, 0.25) is 0 Å². The molecule has 0 spiro atoms. The predicted octanol–water partition coefficient (Wildman–Crippen LogP) is 6.57. The lowest BCUT2D eigenvalue weighted by atomic mass is 9.95. The number of ether oxygens (including phenoxy) is 1. The van der Waals surface area contributed by atoms with Crippen LogP contribution in [-0.2, 0) is 11.2 Å². The van der Waals surface area contributed by atoms with Gasteiger partial charge in [0.15, 0.2) is 0 Å². The maximum absolute atomic E-state index is 12.9. The summed E-state index contributed by atoms with van der Waals surface area (Å²) in [5.74, 6) is -0.945. The maximum Gasteiger partial charge on any atom is 0.344 e. The number of aliphatic carboxylic acids is 1. The molecule has 0 atom stereocenters. The summed E-state index contributed by atoms with van der Waals surface area (Å²) < 4.78 is 41.5. The molecule has 0 heterocycles. The lowest BCUT2D eigenvalue weighted by molar-refractivity contribution is -0.136. The SMILES string of the molecule is O=C(O)Cc1ccc(C=Cc2ccc(OC(F)=C(F)F)cc2)c(-c2ccccc2)c1. The smallest absolute Gasteiger partial charge is 0.344 e. The van der Waals surface area contributed by atoms with Crippen molar-refractivity contribution in [2.24, 2.45) is 0 Å². The molecule has 0 saturated carbocycles. The Morgan fingerprint density at radius 1 is 0.900 bits per heavy atom.